The van der Waals surface area contributed by atoms with Crippen LogP contribution in [0.4, 0.5) is 0 Å². The van der Waals surface area contributed by atoms with Gasteiger partial charge in [-0.2, -0.15) is 5.26 Å². The lowest BCUT2D eigenvalue weighted by Crippen LogP contribution is -2.39. The molecule has 1 aliphatic rings. The quantitative estimate of drug-likeness (QED) is 0.0272. The van der Waals surface area contributed by atoms with E-state index in [9.17, 15) is 19.6 Å². The van der Waals surface area contributed by atoms with Crippen molar-refractivity contribution in [2.45, 2.75) is 76.7 Å². The minimum absolute atomic E-state index is 0.00647. The number of methoxy groups -OCH3 is 2. The van der Waals surface area contributed by atoms with Crippen LogP contribution in [-0.4, -0.2) is 71.7 Å². The molecule has 1 aromatic heterocycles. The van der Waals surface area contributed by atoms with Crippen LogP contribution in [0.1, 0.15) is 90.5 Å². The zero-order valence-electron chi connectivity index (χ0n) is 39.0. The molecule has 0 spiro atoms. The number of carbonyl (C=O) groups excluding carboxylic acids is 1. The Bertz CT molecular complexity index is 2800. The van der Waals surface area contributed by atoms with Crippen molar-refractivity contribution in [3.63, 3.8) is 0 Å². The van der Waals surface area contributed by atoms with Gasteiger partial charge in [0.25, 0.3) is 14.1 Å². The molecule has 5 aromatic carbocycles. The number of hydrogen-bond donors (Lipinski definition) is 1. The first kappa shape index (κ1) is 49.2. The summed E-state index contributed by atoms with van der Waals surface area (Å²) >= 11 is 0. The van der Waals surface area contributed by atoms with E-state index in [4.69, 9.17) is 28.0 Å². The van der Waals surface area contributed by atoms with Gasteiger partial charge in [0, 0.05) is 41.4 Å². The van der Waals surface area contributed by atoms with Gasteiger partial charge in [-0.25, -0.2) is 9.46 Å². The van der Waals surface area contributed by atoms with Gasteiger partial charge in [0.15, 0.2) is 5.78 Å². The third kappa shape index (κ3) is 11.4. The van der Waals surface area contributed by atoms with Crippen molar-refractivity contribution in [2.24, 2.45) is 0 Å². The zero-order chi connectivity index (χ0) is 48.2. The maximum atomic E-state index is 13.8. The van der Waals surface area contributed by atoms with Crippen molar-refractivity contribution in [1.82, 2.24) is 14.2 Å². The van der Waals surface area contributed by atoms with Gasteiger partial charge in [0.1, 0.15) is 35.0 Å². The number of aromatic amines is 1. The molecule has 4 atom stereocenters. The molecule has 6 aromatic rings. The summed E-state index contributed by atoms with van der Waals surface area (Å²) < 4.78 is 42.1. The number of nitrogens with one attached hydrogen (secondary N) is 1. The summed E-state index contributed by atoms with van der Waals surface area (Å²) in [6, 6.07) is 43.2. The third-order valence-electron chi connectivity index (χ3n) is 11.5. The summed E-state index contributed by atoms with van der Waals surface area (Å²) in [5.74, 6) is 7.11. The molecule has 1 fully saturated rings. The average molecular weight is 935 g/mol. The molecule has 1 N–H and O–H groups in total. The molecule has 0 aliphatic carbocycles. The maximum Gasteiger partial charge on any atom is 0.330 e. The smallest absolute Gasteiger partial charge is 0.330 e. The minimum Gasteiger partial charge on any atom is -0.497 e. The highest BCUT2D eigenvalue weighted by Crippen LogP contribution is 2.50. The lowest BCUT2D eigenvalue weighted by molar-refractivity contribution is -0.0925. The molecule has 14 heteroatoms. The van der Waals surface area contributed by atoms with Gasteiger partial charge >= 0.3 is 5.69 Å². The van der Waals surface area contributed by atoms with Crippen molar-refractivity contribution in [2.75, 3.05) is 27.4 Å². The molecule has 350 valence electrons. The summed E-state index contributed by atoms with van der Waals surface area (Å²) in [4.78, 5) is 42.7. The van der Waals surface area contributed by atoms with Crippen LogP contribution in [0.2, 0.25) is 0 Å². The van der Waals surface area contributed by atoms with E-state index in [0.29, 0.717) is 28.2 Å². The molecule has 7 rings (SSSR count). The van der Waals surface area contributed by atoms with E-state index >= 15 is 0 Å². The van der Waals surface area contributed by atoms with Crippen LogP contribution in [0.25, 0.3) is 0 Å². The number of rotatable bonds is 19. The Morgan fingerprint density at radius 2 is 1.40 bits per heavy atom. The second-order valence-corrected chi connectivity index (χ2v) is 18.0. The van der Waals surface area contributed by atoms with Crippen LogP contribution in [-0.2, 0) is 24.1 Å². The van der Waals surface area contributed by atoms with E-state index in [0.717, 1.165) is 16.7 Å². The second kappa shape index (κ2) is 22.9. The number of ketones is 1. The van der Waals surface area contributed by atoms with Crippen molar-refractivity contribution in [1.29, 1.82) is 5.26 Å². The van der Waals surface area contributed by atoms with Crippen LogP contribution in [0.15, 0.2) is 149 Å². The number of carbonyl (C=O) groups is 1. The Morgan fingerprint density at radius 3 is 1.99 bits per heavy atom. The van der Waals surface area contributed by atoms with Crippen LogP contribution in [0.3, 0.4) is 0 Å². The van der Waals surface area contributed by atoms with E-state index in [1.165, 1.54) is 10.8 Å². The third-order valence-corrected chi connectivity index (χ3v) is 13.6. The summed E-state index contributed by atoms with van der Waals surface area (Å²) in [5.41, 5.74) is 1.38. The fraction of sp³-hybridized carbons (Fsp3) is 0.296. The van der Waals surface area contributed by atoms with Gasteiger partial charge in [-0.1, -0.05) is 109 Å². The fourth-order valence-corrected chi connectivity index (χ4v) is 10.0. The number of hydrogen-bond acceptors (Lipinski definition) is 11. The molecule has 0 saturated carbocycles. The number of H-pyrrole nitrogens is 1. The molecule has 13 nitrogen and oxygen atoms in total. The van der Waals surface area contributed by atoms with E-state index in [1.807, 2.05) is 84.9 Å². The van der Waals surface area contributed by atoms with Crippen LogP contribution in [0.5, 0.6) is 11.5 Å². The van der Waals surface area contributed by atoms with Gasteiger partial charge in [-0.15, -0.1) is 0 Å². The van der Waals surface area contributed by atoms with E-state index < -0.39 is 43.8 Å². The maximum absolute atomic E-state index is 13.8. The lowest BCUT2D eigenvalue weighted by atomic mass is 9.80. The number of benzene rings is 5. The van der Waals surface area contributed by atoms with Gasteiger partial charge in [-0.3, -0.25) is 19.1 Å². The fourth-order valence-electron chi connectivity index (χ4n) is 8.25. The lowest BCUT2D eigenvalue weighted by Gasteiger charge is -2.39. The summed E-state index contributed by atoms with van der Waals surface area (Å²) in [6.07, 6.45) is -0.751. The summed E-state index contributed by atoms with van der Waals surface area (Å²) in [5, 5.41) is 9.45. The first-order chi connectivity index (χ1) is 32.9. The monoisotopic (exact) mass is 934 g/mol. The highest BCUT2D eigenvalue weighted by molar-refractivity contribution is 7.44. The average Bonchev–Trinajstić information content (AvgIpc) is 3.76. The summed E-state index contributed by atoms with van der Waals surface area (Å²) in [6.45, 7) is 8.32. The molecule has 0 amide bonds. The van der Waals surface area contributed by atoms with Gasteiger partial charge < -0.3 is 28.0 Å². The van der Waals surface area contributed by atoms with Crippen molar-refractivity contribution in [3.8, 4) is 29.4 Å². The molecule has 1 unspecified atom stereocenters. The number of aromatic nitrogens is 2. The van der Waals surface area contributed by atoms with Crippen LogP contribution < -0.4 is 20.7 Å². The first-order valence-corrected chi connectivity index (χ1v) is 23.5. The van der Waals surface area contributed by atoms with Gasteiger partial charge in [0.05, 0.1) is 46.0 Å². The summed E-state index contributed by atoms with van der Waals surface area (Å²) in [7, 11) is 1.46. The molecule has 1 saturated heterocycles. The molecular weight excluding hydrogens is 880 g/mol. The highest BCUT2D eigenvalue weighted by atomic mass is 31.2. The standard InChI is InChI=1S/C54H55N4O9P/c1-37(2)58(38(3)4)68(65-32-14-31-55)67-48-34-50(57-35-42(52(60)56-53(57)61)22-21-39-15-13-18-41(33-39)51(59)40-16-9-7-10-17-40)66-49(48)36-64-54(43-19-11-8-12-20-43,44-23-27-46(62-5)28-24-44)45-25-29-47(63-6)30-26-45/h7-13,15-20,23-30,33,35,37-38,48-50H,14,32,34,36H2,1-6H3,(H,56,60,61)/t48-,49+,50+,68?/m0/s1. The van der Waals surface area contributed by atoms with E-state index in [1.54, 1.807) is 62.8 Å². The molecular formula is C54H55N4O9P. The molecule has 68 heavy (non-hydrogen) atoms. The first-order valence-electron chi connectivity index (χ1n) is 22.4. The van der Waals surface area contributed by atoms with Crippen molar-refractivity contribution >= 4 is 14.3 Å². The van der Waals surface area contributed by atoms with E-state index in [2.05, 4.69) is 55.3 Å². The zero-order valence-corrected chi connectivity index (χ0v) is 39.9. The predicted molar refractivity (Wildman–Crippen MR) is 260 cm³/mol. The van der Waals surface area contributed by atoms with Gasteiger partial charge in [0.2, 0.25) is 0 Å². The van der Waals surface area contributed by atoms with Crippen molar-refractivity contribution in [3.05, 3.63) is 199 Å². The molecule has 2 heterocycles. The number of nitrogens with zero attached hydrogens (tertiary/aromatic N) is 3. The normalized spacial score (nSPS) is 16.3. The van der Waals surface area contributed by atoms with E-state index in [-0.39, 0.29) is 49.5 Å². The SMILES string of the molecule is COc1ccc(C(OC[C@H]2O[C@@H](n3cc(C#Cc4cccc(C(=O)c5ccccc5)c4)c(=O)[nH]c3=O)C[C@@H]2OP(OCCC#N)N(C(C)C)C(C)C)(c2ccccc2)c2ccc(OC)cc2)cc1. The van der Waals surface area contributed by atoms with Crippen LogP contribution in [0, 0.1) is 23.2 Å². The van der Waals surface area contributed by atoms with Crippen LogP contribution >= 0.6 is 8.53 Å². The Kier molecular flexibility index (Phi) is 16.6. The topological polar surface area (TPSA) is 154 Å². The Labute approximate surface area is 398 Å². The Morgan fingerprint density at radius 1 is 0.809 bits per heavy atom. The van der Waals surface area contributed by atoms with Gasteiger partial charge in [-0.05, 0) is 80.8 Å². The Balaban J connectivity index is 1.28. The largest absolute Gasteiger partial charge is 0.497 e. The second-order valence-electron chi connectivity index (χ2n) is 16.6. The Hall–Kier alpha value is -6.67. The molecule has 1 aliphatic heterocycles. The number of nitriles is 1. The minimum atomic E-state index is -1.77. The van der Waals surface area contributed by atoms with Crippen molar-refractivity contribution < 1.29 is 32.8 Å². The molecule has 0 bridgehead atoms. The number of ether oxygens (including phenoxy) is 4. The molecule has 0 radical (unpaired) electrons. The predicted octanol–water partition coefficient (Wildman–Crippen LogP) is 9.14. The highest BCUT2D eigenvalue weighted by Gasteiger charge is 2.45.